The number of carboxylic acid groups (broad SMARTS) is 1. The van der Waals surface area contributed by atoms with Crippen LogP contribution in [0.15, 0.2) is 0 Å². The van der Waals surface area contributed by atoms with Crippen LogP contribution in [0.4, 0.5) is 4.79 Å². The predicted molar refractivity (Wildman–Crippen MR) is 70.8 cm³/mol. The van der Waals surface area contributed by atoms with Crippen molar-refractivity contribution in [3.05, 3.63) is 0 Å². The summed E-state index contributed by atoms with van der Waals surface area (Å²) in [6.07, 6.45) is 3.00. The highest BCUT2D eigenvalue weighted by molar-refractivity contribution is 5.74. The molecular formula is C13H24N2O4. The quantitative estimate of drug-likeness (QED) is 0.697. The van der Waals surface area contributed by atoms with E-state index in [-0.39, 0.29) is 25.0 Å². The summed E-state index contributed by atoms with van der Waals surface area (Å²) in [6, 6.07) is 0.0600. The Kier molecular flexibility index (Phi) is 6.08. The number of hydrogen-bond acceptors (Lipinski definition) is 3. The van der Waals surface area contributed by atoms with Crippen molar-refractivity contribution in [2.24, 2.45) is 5.92 Å². The van der Waals surface area contributed by atoms with Gasteiger partial charge in [0.15, 0.2) is 6.10 Å². The first-order valence-electron chi connectivity index (χ1n) is 6.83. The van der Waals surface area contributed by atoms with Crippen molar-refractivity contribution in [1.29, 1.82) is 0 Å². The Labute approximate surface area is 113 Å². The second-order valence-corrected chi connectivity index (χ2v) is 5.41. The zero-order valence-corrected chi connectivity index (χ0v) is 11.6. The van der Waals surface area contributed by atoms with Gasteiger partial charge in [-0.25, -0.2) is 9.59 Å². The van der Waals surface area contributed by atoms with Gasteiger partial charge >= 0.3 is 12.0 Å². The van der Waals surface area contributed by atoms with E-state index < -0.39 is 12.1 Å². The monoisotopic (exact) mass is 272 g/mol. The molecule has 0 spiro atoms. The summed E-state index contributed by atoms with van der Waals surface area (Å²) in [5.74, 6) is -0.619. The fourth-order valence-electron chi connectivity index (χ4n) is 2.48. The van der Waals surface area contributed by atoms with Crippen LogP contribution in [-0.2, 0) is 4.79 Å². The Hall–Kier alpha value is -1.30. The van der Waals surface area contributed by atoms with E-state index in [4.69, 9.17) is 10.2 Å². The van der Waals surface area contributed by atoms with Gasteiger partial charge in [-0.3, -0.25) is 0 Å². The lowest BCUT2D eigenvalue weighted by atomic mass is 9.86. The van der Waals surface area contributed by atoms with E-state index in [0.717, 1.165) is 19.3 Å². The minimum Gasteiger partial charge on any atom is -0.479 e. The molecule has 6 nitrogen and oxygen atoms in total. The van der Waals surface area contributed by atoms with Gasteiger partial charge in [0.25, 0.3) is 0 Å². The summed E-state index contributed by atoms with van der Waals surface area (Å²) in [4.78, 5) is 24.0. The number of aliphatic hydroxyl groups is 1. The predicted octanol–water partition coefficient (Wildman–Crippen LogP) is 1.04. The van der Waals surface area contributed by atoms with Crippen molar-refractivity contribution in [3.8, 4) is 0 Å². The third-order valence-electron chi connectivity index (χ3n) is 3.76. The smallest absolute Gasteiger partial charge is 0.332 e. The lowest BCUT2D eigenvalue weighted by Gasteiger charge is -2.34. The molecule has 1 saturated carbocycles. The molecule has 0 heterocycles. The highest BCUT2D eigenvalue weighted by Crippen LogP contribution is 2.26. The lowest BCUT2D eigenvalue weighted by molar-refractivity contribution is -0.146. The third-order valence-corrected chi connectivity index (χ3v) is 3.76. The summed E-state index contributed by atoms with van der Waals surface area (Å²) in [5.41, 5.74) is 0. The van der Waals surface area contributed by atoms with Gasteiger partial charge in [0.2, 0.25) is 0 Å². The molecule has 6 heteroatoms. The molecule has 0 saturated heterocycles. The maximum Gasteiger partial charge on any atom is 0.332 e. The number of aliphatic hydroxyl groups excluding tert-OH is 1. The lowest BCUT2D eigenvalue weighted by Crippen LogP contribution is -2.46. The molecule has 0 aromatic heterocycles. The molecule has 3 atom stereocenters. The minimum atomic E-state index is -1.42. The molecule has 0 aromatic rings. The first-order valence-corrected chi connectivity index (χ1v) is 6.83. The average Bonchev–Trinajstić information content (AvgIpc) is 2.37. The van der Waals surface area contributed by atoms with Crippen molar-refractivity contribution in [1.82, 2.24) is 10.2 Å². The number of rotatable bonds is 5. The Morgan fingerprint density at radius 3 is 2.68 bits per heavy atom. The Morgan fingerprint density at radius 1 is 1.42 bits per heavy atom. The summed E-state index contributed by atoms with van der Waals surface area (Å²) >= 11 is 0. The molecule has 2 unspecified atom stereocenters. The second kappa shape index (κ2) is 7.33. The van der Waals surface area contributed by atoms with E-state index in [1.165, 1.54) is 6.42 Å². The largest absolute Gasteiger partial charge is 0.479 e. The molecule has 0 bridgehead atoms. The zero-order chi connectivity index (χ0) is 14.4. The number of urea groups is 1. The van der Waals surface area contributed by atoms with Crippen LogP contribution in [0, 0.1) is 5.92 Å². The molecule has 3 N–H and O–H groups in total. The molecule has 1 fully saturated rings. The van der Waals surface area contributed by atoms with Crippen LogP contribution in [0.25, 0.3) is 0 Å². The number of nitrogens with one attached hydrogen (secondary N) is 1. The molecule has 1 aliphatic rings. The van der Waals surface area contributed by atoms with Gasteiger partial charge in [-0.1, -0.05) is 19.8 Å². The van der Waals surface area contributed by atoms with Gasteiger partial charge in [0.05, 0.1) is 0 Å². The number of carboxylic acids is 1. The number of amides is 2. The molecule has 19 heavy (non-hydrogen) atoms. The molecule has 2 amide bonds. The van der Waals surface area contributed by atoms with Crippen LogP contribution in [0.5, 0.6) is 0 Å². The summed E-state index contributed by atoms with van der Waals surface area (Å²) in [6.45, 7) is 2.36. The van der Waals surface area contributed by atoms with Crippen LogP contribution in [0.3, 0.4) is 0 Å². The van der Waals surface area contributed by atoms with Crippen molar-refractivity contribution in [2.75, 3.05) is 13.6 Å². The fraction of sp³-hybridized carbons (Fsp3) is 0.846. The van der Waals surface area contributed by atoms with E-state index in [1.54, 1.807) is 11.9 Å². The van der Waals surface area contributed by atoms with E-state index >= 15 is 0 Å². The van der Waals surface area contributed by atoms with Crippen molar-refractivity contribution < 1.29 is 19.8 Å². The molecule has 0 aromatic carbocycles. The molecule has 0 aliphatic heterocycles. The Morgan fingerprint density at radius 2 is 2.11 bits per heavy atom. The SMILES string of the molecule is CC1CCCC(N(C)C(=O)NCC[C@H](O)C(=O)O)C1. The van der Waals surface area contributed by atoms with Gasteiger partial charge in [-0.2, -0.15) is 0 Å². The molecule has 110 valence electrons. The maximum atomic E-state index is 11.9. The number of carbonyl (C=O) groups is 2. The highest BCUT2D eigenvalue weighted by atomic mass is 16.4. The maximum absolute atomic E-state index is 11.9. The van der Waals surface area contributed by atoms with Gasteiger partial charge in [-0.05, 0) is 18.8 Å². The molecule has 0 radical (unpaired) electrons. The molecular weight excluding hydrogens is 248 g/mol. The molecule has 1 rings (SSSR count). The first-order chi connectivity index (χ1) is 8.91. The minimum absolute atomic E-state index is 0.0238. The first kappa shape index (κ1) is 15.8. The second-order valence-electron chi connectivity index (χ2n) is 5.41. The van der Waals surface area contributed by atoms with Crippen LogP contribution < -0.4 is 5.32 Å². The fourth-order valence-corrected chi connectivity index (χ4v) is 2.48. The van der Waals surface area contributed by atoms with E-state index in [2.05, 4.69) is 12.2 Å². The number of hydrogen-bond donors (Lipinski definition) is 3. The zero-order valence-electron chi connectivity index (χ0n) is 11.6. The van der Waals surface area contributed by atoms with Crippen molar-refractivity contribution >= 4 is 12.0 Å². The van der Waals surface area contributed by atoms with Crippen LogP contribution in [0.1, 0.15) is 39.0 Å². The van der Waals surface area contributed by atoms with Gasteiger partial charge < -0.3 is 20.4 Å². The Bertz CT molecular complexity index is 322. The summed E-state index contributed by atoms with van der Waals surface area (Å²) < 4.78 is 0. The number of aliphatic carboxylic acids is 1. The number of nitrogens with zero attached hydrogens (tertiary/aromatic N) is 1. The average molecular weight is 272 g/mol. The van der Waals surface area contributed by atoms with Crippen LogP contribution in [-0.4, -0.2) is 52.9 Å². The standard InChI is InChI=1S/C13H24N2O4/c1-9-4-3-5-10(8-9)15(2)13(19)14-7-6-11(16)12(17)18/h9-11,16H,3-8H2,1-2H3,(H,14,19)(H,17,18)/t9?,10?,11-/m0/s1. The normalized spacial score (nSPS) is 24.6. The van der Waals surface area contributed by atoms with E-state index in [9.17, 15) is 9.59 Å². The Balaban J connectivity index is 2.30. The number of carbonyl (C=O) groups excluding carboxylic acids is 1. The topological polar surface area (TPSA) is 89.9 Å². The van der Waals surface area contributed by atoms with Gasteiger partial charge in [0.1, 0.15) is 0 Å². The van der Waals surface area contributed by atoms with Gasteiger partial charge in [0, 0.05) is 26.1 Å². The van der Waals surface area contributed by atoms with Gasteiger partial charge in [-0.15, -0.1) is 0 Å². The summed E-state index contributed by atoms with van der Waals surface area (Å²) in [7, 11) is 1.77. The molecule has 1 aliphatic carbocycles. The van der Waals surface area contributed by atoms with Crippen LogP contribution in [0.2, 0.25) is 0 Å². The summed E-state index contributed by atoms with van der Waals surface area (Å²) in [5, 5.41) is 20.3. The van der Waals surface area contributed by atoms with E-state index in [1.807, 2.05) is 0 Å². The highest BCUT2D eigenvalue weighted by Gasteiger charge is 2.25. The van der Waals surface area contributed by atoms with E-state index in [0.29, 0.717) is 5.92 Å². The third kappa shape index (κ3) is 5.06. The van der Waals surface area contributed by atoms with Crippen LogP contribution >= 0.6 is 0 Å². The van der Waals surface area contributed by atoms with Crippen molar-refractivity contribution in [3.63, 3.8) is 0 Å². The van der Waals surface area contributed by atoms with Crippen molar-refractivity contribution in [2.45, 2.75) is 51.2 Å².